The van der Waals surface area contributed by atoms with Crippen molar-refractivity contribution in [1.29, 1.82) is 0 Å². The molecular formula is C12H15NO3. The number of terminal acetylenes is 1. The second-order valence-electron chi connectivity index (χ2n) is 3.95. The predicted molar refractivity (Wildman–Crippen MR) is 59.6 cm³/mol. The highest BCUT2D eigenvalue weighted by atomic mass is 16.4. The molecule has 4 heteroatoms. The summed E-state index contributed by atoms with van der Waals surface area (Å²) in [6.07, 6.45) is 11.9. The number of carbonyl (C=O) groups is 2. The molecule has 2 N–H and O–H groups in total. The summed E-state index contributed by atoms with van der Waals surface area (Å²) in [5.41, 5.74) is -0.585. The largest absolute Gasteiger partial charge is 0.478 e. The third-order valence-corrected chi connectivity index (χ3v) is 2.72. The summed E-state index contributed by atoms with van der Waals surface area (Å²) < 4.78 is 0. The van der Waals surface area contributed by atoms with Crippen molar-refractivity contribution in [3.8, 4) is 12.3 Å². The normalized spacial score (nSPS) is 18.9. The molecule has 0 radical (unpaired) electrons. The van der Waals surface area contributed by atoms with E-state index in [2.05, 4.69) is 11.2 Å². The van der Waals surface area contributed by atoms with Crippen LogP contribution in [0.25, 0.3) is 0 Å². The highest BCUT2D eigenvalue weighted by Gasteiger charge is 2.30. The first-order valence-corrected chi connectivity index (χ1v) is 5.29. The zero-order chi connectivity index (χ0) is 12.0. The molecule has 4 nitrogen and oxygen atoms in total. The first kappa shape index (κ1) is 12.3. The SMILES string of the molecule is C#CC1(NC(=O)C=CC(=O)O)CCCCC1. The number of aliphatic carboxylic acids is 1. The number of carboxylic acids is 1. The van der Waals surface area contributed by atoms with Crippen LogP contribution >= 0.6 is 0 Å². The zero-order valence-electron chi connectivity index (χ0n) is 9.03. The molecule has 0 aliphatic heterocycles. The Morgan fingerprint density at radius 3 is 2.38 bits per heavy atom. The molecule has 1 aliphatic carbocycles. The van der Waals surface area contributed by atoms with Gasteiger partial charge in [-0.3, -0.25) is 4.79 Å². The molecule has 0 aromatic heterocycles. The molecule has 1 saturated carbocycles. The van der Waals surface area contributed by atoms with E-state index in [0.29, 0.717) is 0 Å². The Balaban J connectivity index is 2.60. The lowest BCUT2D eigenvalue weighted by molar-refractivity contribution is -0.131. The smallest absolute Gasteiger partial charge is 0.328 e. The Labute approximate surface area is 94.7 Å². The Kier molecular flexibility index (Phi) is 4.12. The van der Waals surface area contributed by atoms with E-state index in [9.17, 15) is 9.59 Å². The third-order valence-electron chi connectivity index (χ3n) is 2.72. The summed E-state index contributed by atoms with van der Waals surface area (Å²) in [4.78, 5) is 21.7. The maximum atomic E-state index is 11.4. The Hall–Kier alpha value is -1.76. The number of hydrogen-bond acceptors (Lipinski definition) is 2. The van der Waals surface area contributed by atoms with Crippen molar-refractivity contribution in [2.75, 3.05) is 0 Å². The fourth-order valence-electron chi connectivity index (χ4n) is 1.89. The van der Waals surface area contributed by atoms with E-state index in [4.69, 9.17) is 11.5 Å². The number of carbonyl (C=O) groups excluding carboxylic acids is 1. The van der Waals surface area contributed by atoms with Crippen molar-refractivity contribution in [2.24, 2.45) is 0 Å². The van der Waals surface area contributed by atoms with Crippen LogP contribution in [0.5, 0.6) is 0 Å². The van der Waals surface area contributed by atoms with Crippen molar-refractivity contribution >= 4 is 11.9 Å². The molecule has 0 spiro atoms. The lowest BCUT2D eigenvalue weighted by Crippen LogP contribution is -2.48. The molecule has 86 valence electrons. The highest BCUT2D eigenvalue weighted by molar-refractivity contribution is 5.94. The van der Waals surface area contributed by atoms with Gasteiger partial charge in [-0.25, -0.2) is 4.79 Å². The average molecular weight is 221 g/mol. The van der Waals surface area contributed by atoms with Crippen LogP contribution in [-0.4, -0.2) is 22.5 Å². The van der Waals surface area contributed by atoms with Gasteiger partial charge in [-0.2, -0.15) is 0 Å². The first-order valence-electron chi connectivity index (χ1n) is 5.29. The molecule has 16 heavy (non-hydrogen) atoms. The predicted octanol–water partition coefficient (Wildman–Crippen LogP) is 1.08. The molecule has 0 atom stereocenters. The van der Waals surface area contributed by atoms with Crippen LogP contribution in [0.3, 0.4) is 0 Å². The summed E-state index contributed by atoms with van der Waals surface area (Å²) in [5, 5.41) is 11.1. The van der Waals surface area contributed by atoms with E-state index < -0.39 is 17.4 Å². The van der Waals surface area contributed by atoms with Gasteiger partial charge in [0.1, 0.15) is 5.54 Å². The number of hydrogen-bond donors (Lipinski definition) is 2. The van der Waals surface area contributed by atoms with E-state index >= 15 is 0 Å². The molecule has 1 fully saturated rings. The molecule has 1 rings (SSSR count). The van der Waals surface area contributed by atoms with Crippen molar-refractivity contribution in [3.63, 3.8) is 0 Å². The minimum absolute atomic E-state index is 0.442. The molecule has 0 aromatic carbocycles. The van der Waals surface area contributed by atoms with Crippen molar-refractivity contribution < 1.29 is 14.7 Å². The fourth-order valence-corrected chi connectivity index (χ4v) is 1.89. The molecule has 0 bridgehead atoms. The van der Waals surface area contributed by atoms with Gasteiger partial charge in [-0.1, -0.05) is 25.2 Å². The van der Waals surface area contributed by atoms with E-state index in [1.165, 1.54) is 0 Å². The lowest BCUT2D eigenvalue weighted by Gasteiger charge is -2.32. The standard InChI is InChI=1S/C12H15NO3/c1-2-12(8-4-3-5-9-12)13-10(14)6-7-11(15)16/h1,6-7H,3-5,8-9H2,(H,13,14)(H,15,16). The van der Waals surface area contributed by atoms with Gasteiger partial charge < -0.3 is 10.4 Å². The summed E-state index contributed by atoms with van der Waals surface area (Å²) in [6, 6.07) is 0. The summed E-state index contributed by atoms with van der Waals surface area (Å²) in [6.45, 7) is 0. The minimum atomic E-state index is -1.14. The van der Waals surface area contributed by atoms with Crippen LogP contribution in [0.2, 0.25) is 0 Å². The van der Waals surface area contributed by atoms with Crippen LogP contribution in [0, 0.1) is 12.3 Å². The number of amides is 1. The number of carboxylic acid groups (broad SMARTS) is 1. The van der Waals surface area contributed by atoms with Gasteiger partial charge in [0, 0.05) is 12.2 Å². The van der Waals surface area contributed by atoms with Gasteiger partial charge in [0.25, 0.3) is 0 Å². The minimum Gasteiger partial charge on any atom is -0.478 e. The van der Waals surface area contributed by atoms with Gasteiger partial charge in [-0.15, -0.1) is 6.42 Å². The molecule has 1 aliphatic rings. The zero-order valence-corrected chi connectivity index (χ0v) is 9.03. The maximum Gasteiger partial charge on any atom is 0.328 e. The van der Waals surface area contributed by atoms with Gasteiger partial charge >= 0.3 is 5.97 Å². The molecule has 0 unspecified atom stereocenters. The Morgan fingerprint density at radius 1 is 1.25 bits per heavy atom. The molecule has 0 heterocycles. The fraction of sp³-hybridized carbons (Fsp3) is 0.500. The molecule has 0 aromatic rings. The van der Waals surface area contributed by atoms with Crippen LogP contribution in [0.15, 0.2) is 12.2 Å². The van der Waals surface area contributed by atoms with Crippen LogP contribution in [-0.2, 0) is 9.59 Å². The first-order chi connectivity index (χ1) is 7.58. The second-order valence-corrected chi connectivity index (χ2v) is 3.95. The summed E-state index contributed by atoms with van der Waals surface area (Å²) >= 11 is 0. The van der Waals surface area contributed by atoms with E-state index in [-0.39, 0.29) is 0 Å². The van der Waals surface area contributed by atoms with Gasteiger partial charge in [0.05, 0.1) is 0 Å². The number of nitrogens with one attached hydrogen (secondary N) is 1. The Bertz CT molecular complexity index is 346. The van der Waals surface area contributed by atoms with Crippen LogP contribution in [0.4, 0.5) is 0 Å². The van der Waals surface area contributed by atoms with E-state index in [1.807, 2.05) is 0 Å². The topological polar surface area (TPSA) is 66.4 Å². The van der Waals surface area contributed by atoms with E-state index in [1.54, 1.807) is 0 Å². The maximum absolute atomic E-state index is 11.4. The molecule has 0 saturated heterocycles. The average Bonchev–Trinajstić information content (AvgIpc) is 2.28. The summed E-state index contributed by atoms with van der Waals surface area (Å²) in [7, 11) is 0. The van der Waals surface area contributed by atoms with Crippen molar-refractivity contribution in [2.45, 2.75) is 37.6 Å². The van der Waals surface area contributed by atoms with E-state index in [0.717, 1.165) is 44.3 Å². The quantitative estimate of drug-likeness (QED) is 0.553. The van der Waals surface area contributed by atoms with Crippen molar-refractivity contribution in [3.05, 3.63) is 12.2 Å². The molecule has 1 amide bonds. The number of rotatable bonds is 3. The van der Waals surface area contributed by atoms with Gasteiger partial charge in [0.15, 0.2) is 0 Å². The summed E-state index contributed by atoms with van der Waals surface area (Å²) in [5.74, 6) is 1.04. The van der Waals surface area contributed by atoms with Gasteiger partial charge in [-0.05, 0) is 12.8 Å². The highest BCUT2D eigenvalue weighted by Crippen LogP contribution is 2.27. The van der Waals surface area contributed by atoms with Crippen LogP contribution < -0.4 is 5.32 Å². The second kappa shape index (κ2) is 5.36. The van der Waals surface area contributed by atoms with Crippen molar-refractivity contribution in [1.82, 2.24) is 5.32 Å². The van der Waals surface area contributed by atoms with Gasteiger partial charge in [0.2, 0.25) is 5.91 Å². The lowest BCUT2D eigenvalue weighted by atomic mass is 9.82. The molecular weight excluding hydrogens is 206 g/mol. The monoisotopic (exact) mass is 221 g/mol. The Morgan fingerprint density at radius 2 is 1.88 bits per heavy atom. The third kappa shape index (κ3) is 3.43. The van der Waals surface area contributed by atoms with Crippen LogP contribution in [0.1, 0.15) is 32.1 Å².